The van der Waals surface area contributed by atoms with E-state index in [9.17, 15) is 9.90 Å². The van der Waals surface area contributed by atoms with Crippen molar-refractivity contribution in [3.05, 3.63) is 89.5 Å². The Morgan fingerprint density at radius 3 is 2.36 bits per heavy atom. The highest BCUT2D eigenvalue weighted by molar-refractivity contribution is 6.12. The van der Waals surface area contributed by atoms with E-state index < -0.39 is 11.7 Å². The first-order valence-corrected chi connectivity index (χ1v) is 11.0. The summed E-state index contributed by atoms with van der Waals surface area (Å²) in [4.78, 5) is 22.9. The van der Waals surface area contributed by atoms with E-state index in [4.69, 9.17) is 14.7 Å². The normalized spacial score (nSPS) is 17.1. The topological polar surface area (TPSA) is 72.3 Å². The molecule has 4 aromatic carbocycles. The van der Waals surface area contributed by atoms with E-state index >= 15 is 0 Å². The van der Waals surface area contributed by atoms with Crippen molar-refractivity contribution < 1.29 is 14.6 Å². The number of carbonyl (C=O) groups is 1. The molecule has 1 unspecified atom stereocenters. The fourth-order valence-corrected chi connectivity index (χ4v) is 4.58. The van der Waals surface area contributed by atoms with Crippen molar-refractivity contribution in [2.24, 2.45) is 0 Å². The number of ether oxygens (including phenoxy) is 1. The number of aromatic nitrogens is 2. The molecule has 0 aliphatic carbocycles. The van der Waals surface area contributed by atoms with Gasteiger partial charge in [0, 0.05) is 33.9 Å². The van der Waals surface area contributed by atoms with E-state index in [0.717, 1.165) is 33.1 Å². The maximum absolute atomic E-state index is 13.0. The highest BCUT2D eigenvalue weighted by atomic mass is 16.5. The summed E-state index contributed by atoms with van der Waals surface area (Å²) in [6.07, 6.45) is -0.246. The molecule has 0 fully saturated rings. The van der Waals surface area contributed by atoms with Gasteiger partial charge in [0.2, 0.25) is 0 Å². The summed E-state index contributed by atoms with van der Waals surface area (Å²) in [6, 6.07) is 22.6. The van der Waals surface area contributed by atoms with Gasteiger partial charge in [-0.1, -0.05) is 54.6 Å². The van der Waals surface area contributed by atoms with Crippen LogP contribution in [0.15, 0.2) is 72.8 Å². The molecule has 1 aliphatic heterocycles. The van der Waals surface area contributed by atoms with Crippen LogP contribution in [0.2, 0.25) is 0 Å². The molecule has 1 aliphatic rings. The molecule has 5 aromatic rings. The van der Waals surface area contributed by atoms with Gasteiger partial charge in [0.1, 0.15) is 11.4 Å². The third-order valence-electron chi connectivity index (χ3n) is 6.51. The third-order valence-corrected chi connectivity index (χ3v) is 6.51. The second-order valence-corrected chi connectivity index (χ2v) is 9.10. The monoisotopic (exact) mass is 434 g/mol. The van der Waals surface area contributed by atoms with Crippen LogP contribution in [-0.4, -0.2) is 32.6 Å². The highest BCUT2D eigenvalue weighted by Gasteiger charge is 2.38. The summed E-state index contributed by atoms with van der Waals surface area (Å²) >= 11 is 0. The Kier molecular flexibility index (Phi) is 4.26. The lowest BCUT2D eigenvalue weighted by Gasteiger charge is -2.38. The second kappa shape index (κ2) is 7.09. The average Bonchev–Trinajstić information content (AvgIpc) is 2.84. The molecule has 5 heteroatoms. The van der Waals surface area contributed by atoms with Gasteiger partial charge < -0.3 is 9.84 Å². The standard InChI is InChI=1S/C28H22N2O3/c1-28(2)23(31)15-20-25-24(18-10-6-7-11-19(18)27(20)33-28)29-21-13-12-17(14-22(21)30-25)26(32)16-8-4-3-5-9-16/h3-14,23,31H,15H2,1-2H3. The lowest BCUT2D eigenvalue weighted by molar-refractivity contribution is -0.0396. The highest BCUT2D eigenvalue weighted by Crippen LogP contribution is 2.43. The van der Waals surface area contributed by atoms with E-state index in [-0.39, 0.29) is 5.78 Å². The molecule has 0 bridgehead atoms. The van der Waals surface area contributed by atoms with Crippen LogP contribution in [0.4, 0.5) is 0 Å². The first-order chi connectivity index (χ1) is 15.9. The fourth-order valence-electron chi connectivity index (χ4n) is 4.58. The molecule has 0 spiro atoms. The van der Waals surface area contributed by atoms with Gasteiger partial charge in [-0.3, -0.25) is 4.79 Å². The van der Waals surface area contributed by atoms with Gasteiger partial charge >= 0.3 is 0 Å². The van der Waals surface area contributed by atoms with E-state index in [0.29, 0.717) is 28.6 Å². The summed E-state index contributed by atoms with van der Waals surface area (Å²) in [5.41, 5.74) is 4.18. The molecular weight excluding hydrogens is 412 g/mol. The average molecular weight is 434 g/mol. The number of carbonyl (C=O) groups excluding carboxylic acids is 1. The van der Waals surface area contributed by atoms with Gasteiger partial charge in [0.05, 0.1) is 28.2 Å². The number of aliphatic hydroxyl groups excluding tert-OH is 1. The van der Waals surface area contributed by atoms with Gasteiger partial charge in [0.15, 0.2) is 5.78 Å². The van der Waals surface area contributed by atoms with Gasteiger partial charge in [-0.25, -0.2) is 9.97 Å². The van der Waals surface area contributed by atoms with Crippen molar-refractivity contribution in [2.45, 2.75) is 32.0 Å². The summed E-state index contributed by atoms with van der Waals surface area (Å²) in [5.74, 6) is 0.694. The summed E-state index contributed by atoms with van der Waals surface area (Å²) < 4.78 is 6.31. The predicted molar refractivity (Wildman–Crippen MR) is 129 cm³/mol. The first kappa shape index (κ1) is 19.8. The zero-order chi connectivity index (χ0) is 22.7. The molecule has 0 amide bonds. The smallest absolute Gasteiger partial charge is 0.193 e. The zero-order valence-electron chi connectivity index (χ0n) is 18.4. The van der Waals surface area contributed by atoms with Gasteiger partial charge in [0.25, 0.3) is 0 Å². The number of benzene rings is 4. The lowest BCUT2D eigenvalue weighted by Crippen LogP contribution is -2.46. The minimum Gasteiger partial charge on any atom is -0.484 e. The van der Waals surface area contributed by atoms with Crippen LogP contribution < -0.4 is 4.74 Å². The Hall–Kier alpha value is -3.83. The summed E-state index contributed by atoms with van der Waals surface area (Å²) in [6.45, 7) is 3.79. The Morgan fingerprint density at radius 1 is 0.879 bits per heavy atom. The van der Waals surface area contributed by atoms with Crippen LogP contribution in [0.25, 0.3) is 32.8 Å². The van der Waals surface area contributed by atoms with Gasteiger partial charge in [-0.15, -0.1) is 0 Å². The van der Waals surface area contributed by atoms with Crippen LogP contribution in [0.3, 0.4) is 0 Å². The molecule has 0 saturated carbocycles. The third kappa shape index (κ3) is 3.08. The maximum atomic E-state index is 13.0. The lowest BCUT2D eigenvalue weighted by atomic mass is 9.88. The number of aliphatic hydroxyl groups is 1. The Labute approximate surface area is 190 Å². The number of rotatable bonds is 2. The molecule has 2 heterocycles. The molecule has 1 N–H and O–H groups in total. The van der Waals surface area contributed by atoms with E-state index in [1.807, 2.05) is 74.5 Å². The fraction of sp³-hybridized carbons (Fsp3) is 0.179. The van der Waals surface area contributed by atoms with Crippen LogP contribution in [0, 0.1) is 0 Å². The molecule has 1 atom stereocenters. The molecular formula is C28H22N2O3. The number of hydrogen-bond donors (Lipinski definition) is 1. The van der Waals surface area contributed by atoms with Crippen LogP contribution in [0.1, 0.15) is 35.3 Å². The predicted octanol–water partition coefficient (Wildman–Crippen LogP) is 5.24. The quantitative estimate of drug-likeness (QED) is 0.234. The molecule has 5 nitrogen and oxygen atoms in total. The molecule has 33 heavy (non-hydrogen) atoms. The van der Waals surface area contributed by atoms with Crippen molar-refractivity contribution in [2.75, 3.05) is 0 Å². The minimum absolute atomic E-state index is 0.0551. The Bertz CT molecular complexity index is 1580. The molecule has 1 aromatic heterocycles. The number of nitrogens with zero attached hydrogens (tertiary/aromatic N) is 2. The summed E-state index contributed by atoms with van der Waals surface area (Å²) in [5, 5.41) is 12.7. The van der Waals surface area contributed by atoms with Crippen molar-refractivity contribution in [3.8, 4) is 5.75 Å². The van der Waals surface area contributed by atoms with Crippen molar-refractivity contribution in [3.63, 3.8) is 0 Å². The molecule has 0 saturated heterocycles. The van der Waals surface area contributed by atoms with Crippen LogP contribution in [-0.2, 0) is 6.42 Å². The van der Waals surface area contributed by atoms with E-state index in [2.05, 4.69) is 0 Å². The Balaban J connectivity index is 1.62. The van der Waals surface area contributed by atoms with Crippen LogP contribution >= 0.6 is 0 Å². The Morgan fingerprint density at radius 2 is 1.58 bits per heavy atom. The maximum Gasteiger partial charge on any atom is 0.193 e. The molecule has 6 rings (SSSR count). The van der Waals surface area contributed by atoms with E-state index in [1.54, 1.807) is 12.1 Å². The number of fused-ring (bicyclic) bond motifs is 7. The van der Waals surface area contributed by atoms with Gasteiger partial charge in [-0.2, -0.15) is 0 Å². The van der Waals surface area contributed by atoms with Gasteiger partial charge in [-0.05, 0) is 32.0 Å². The van der Waals surface area contributed by atoms with Crippen molar-refractivity contribution in [1.82, 2.24) is 9.97 Å². The van der Waals surface area contributed by atoms with Crippen LogP contribution in [0.5, 0.6) is 5.75 Å². The first-order valence-electron chi connectivity index (χ1n) is 11.0. The number of ketones is 1. The zero-order valence-corrected chi connectivity index (χ0v) is 18.4. The molecule has 0 radical (unpaired) electrons. The van der Waals surface area contributed by atoms with Crippen molar-refractivity contribution in [1.29, 1.82) is 0 Å². The number of hydrogen-bond acceptors (Lipinski definition) is 5. The SMILES string of the molecule is CC1(C)Oc2c(c3nc4cc(C(=O)c5ccccc5)ccc4nc3c3ccccc23)CC1O. The minimum atomic E-state index is -0.705. The van der Waals surface area contributed by atoms with E-state index in [1.165, 1.54) is 0 Å². The largest absolute Gasteiger partial charge is 0.484 e. The molecule has 162 valence electrons. The second-order valence-electron chi connectivity index (χ2n) is 9.10. The van der Waals surface area contributed by atoms with Crippen molar-refractivity contribution >= 4 is 38.6 Å². The summed E-state index contributed by atoms with van der Waals surface area (Å²) in [7, 11) is 0.